The van der Waals surface area contributed by atoms with E-state index in [4.69, 9.17) is 102 Å². The van der Waals surface area contributed by atoms with Crippen LogP contribution in [0.2, 0.25) is 30.1 Å². The SMILES string of the molecule is CC(C)CC(Br)C(=O)c1ccc(Cl)c(Cl)c1.CC(C)Cc1sc(-c2ccc(Br)c(C(=O)O)c2)nc1-c1ccc(Cl)c(Cl)c1.COC(=O)c1cc(-c2nc(-c3ccc(Cl)c(Cl)c3)c(CC(C)C)s2)ccc1Br.COC(=O)c1cc(C(N)=S)ccc1Br.[Li+].[OH-]. The molecule has 1 unspecified atom stereocenters. The molecule has 0 saturated carbocycles. The van der Waals surface area contributed by atoms with Crippen LogP contribution in [0.25, 0.3) is 43.7 Å². The van der Waals surface area contributed by atoms with Gasteiger partial charge in [0.05, 0.1) is 77.3 Å². The molecule has 2 aromatic heterocycles. The standard InChI is InChI=1S/C21H18BrCl2NO2S.C20H16BrCl2NO2S.C12H13BrCl2O.C9H8BrNO2S.Li.H2O/c1-11(2)8-18-19(12-5-7-16(23)17(24)10-12)25-20(28-18)13-4-6-15(22)14(9-13)21(26)27-3;1-10(2)7-17-18(11-4-6-15(22)16(23)9-11)24-19(27-17)12-3-5-14(21)13(8-12)20(25)26;1-7(2)5-9(13)12(16)8-3-4-10(14)11(15)6-8;1-13-9(12)6-4-5(8(11)14)2-3-7(6)10;;/h4-7,9-11H,8H2,1-3H3;3-6,8-10H,7H2,1-2H3,(H,25,26);3-4,6-7,9H,5H2,1-2H3;2-4H,1H3,(H2,11,14);;1H2/q;;;;+1;/p-1. The van der Waals surface area contributed by atoms with Crippen LogP contribution in [-0.2, 0) is 22.3 Å². The predicted molar refractivity (Wildman–Crippen MR) is 373 cm³/mol. The van der Waals surface area contributed by atoms with Gasteiger partial charge in [0.1, 0.15) is 15.0 Å². The number of benzene rings is 6. The molecule has 8 aromatic rings. The van der Waals surface area contributed by atoms with Crippen LogP contribution in [0.4, 0.5) is 0 Å². The van der Waals surface area contributed by atoms with Gasteiger partial charge < -0.3 is 25.8 Å². The maximum Gasteiger partial charge on any atom is 1.00 e. The van der Waals surface area contributed by atoms with E-state index >= 15 is 0 Å². The maximum atomic E-state index is 12.0. The number of methoxy groups -OCH3 is 2. The second-order valence-electron chi connectivity index (χ2n) is 19.9. The molecule has 0 aliphatic heterocycles. The number of halogens is 10. The Bertz CT molecular complexity index is 3760. The average Bonchev–Trinajstić information content (AvgIpc) is 2.64. The van der Waals surface area contributed by atoms with E-state index in [1.54, 1.807) is 89.4 Å². The van der Waals surface area contributed by atoms with E-state index in [1.807, 2.05) is 42.5 Å². The number of Topliss-reactive ketones (excluding diaryl/α,β-unsaturated/α-hetero) is 1. The summed E-state index contributed by atoms with van der Waals surface area (Å²) < 4.78 is 11.4. The number of aromatic carboxylic acids is 1. The van der Waals surface area contributed by atoms with E-state index in [-0.39, 0.29) is 45.5 Å². The summed E-state index contributed by atoms with van der Waals surface area (Å²) in [5, 5.41) is 13.9. The van der Waals surface area contributed by atoms with Gasteiger partial charge in [-0.05, 0) is 164 Å². The van der Waals surface area contributed by atoms with Gasteiger partial charge in [-0.3, -0.25) is 4.79 Å². The van der Waals surface area contributed by atoms with E-state index in [0.717, 1.165) is 67.8 Å². The van der Waals surface area contributed by atoms with E-state index in [9.17, 15) is 24.3 Å². The van der Waals surface area contributed by atoms with Crippen LogP contribution >= 0.6 is 168 Å². The van der Waals surface area contributed by atoms with Gasteiger partial charge in [0.15, 0.2) is 5.78 Å². The smallest absolute Gasteiger partial charge is 0.870 e. The largest absolute Gasteiger partial charge is 1.00 e. The van der Waals surface area contributed by atoms with Crippen molar-refractivity contribution in [3.05, 3.63) is 190 Å². The van der Waals surface area contributed by atoms with E-state index in [2.05, 4.69) is 110 Å². The van der Waals surface area contributed by atoms with E-state index < -0.39 is 17.9 Å². The van der Waals surface area contributed by atoms with Gasteiger partial charge in [-0.25, -0.2) is 24.4 Å². The first kappa shape index (κ1) is 78.0. The van der Waals surface area contributed by atoms with Crippen molar-refractivity contribution in [1.29, 1.82) is 0 Å². The Morgan fingerprint density at radius 2 is 0.908 bits per heavy atom. The minimum Gasteiger partial charge on any atom is -0.870 e. The molecular formula is C62H56Br4Cl6LiN3O8S3. The number of esters is 2. The third-order valence-electron chi connectivity index (χ3n) is 11.9. The molecule has 11 nitrogen and oxygen atoms in total. The quantitative estimate of drug-likeness (QED) is 0.0307. The molecule has 4 N–H and O–H groups in total. The van der Waals surface area contributed by atoms with Crippen molar-refractivity contribution in [3.8, 4) is 43.7 Å². The van der Waals surface area contributed by atoms with Crippen molar-refractivity contribution in [2.24, 2.45) is 23.5 Å². The molecule has 25 heteroatoms. The van der Waals surface area contributed by atoms with Crippen LogP contribution in [-0.4, -0.2) is 68.3 Å². The minimum absolute atomic E-state index is 0. The van der Waals surface area contributed by atoms with Crippen molar-refractivity contribution in [2.75, 3.05) is 14.2 Å². The normalized spacial score (nSPS) is 11.0. The van der Waals surface area contributed by atoms with Crippen molar-refractivity contribution in [2.45, 2.75) is 65.6 Å². The number of hydrogen-bond acceptors (Lipinski definition) is 12. The summed E-state index contributed by atoms with van der Waals surface area (Å²) in [4.78, 5) is 58.8. The molecule has 0 amide bonds. The predicted octanol–water partition coefficient (Wildman–Crippen LogP) is 18.7. The summed E-state index contributed by atoms with van der Waals surface area (Å²) in [7, 11) is 2.69. The number of carboxylic acid groups (broad SMARTS) is 1. The fourth-order valence-corrected chi connectivity index (χ4v) is 13.6. The summed E-state index contributed by atoms with van der Waals surface area (Å²) in [5.41, 5.74) is 13.0. The number of carbonyl (C=O) groups is 4. The molecule has 2 heterocycles. The van der Waals surface area contributed by atoms with Crippen molar-refractivity contribution < 1.29 is 58.1 Å². The number of rotatable bonds is 16. The Kier molecular flexibility index (Phi) is 32.9. The number of ether oxygens (including phenoxy) is 2. The fraction of sp³-hybridized carbons (Fsp3) is 0.242. The molecule has 87 heavy (non-hydrogen) atoms. The third-order valence-corrected chi connectivity index (χ3v) is 19.4. The topological polar surface area (TPSA) is 189 Å². The molecule has 0 aliphatic carbocycles. The molecule has 0 aliphatic rings. The first-order valence-corrected chi connectivity index (χ1v) is 33.3. The van der Waals surface area contributed by atoms with Gasteiger partial charge in [0.25, 0.3) is 0 Å². The molecule has 0 fully saturated rings. The van der Waals surface area contributed by atoms with Crippen LogP contribution < -0.4 is 24.6 Å². The van der Waals surface area contributed by atoms with Crippen molar-refractivity contribution in [1.82, 2.24) is 9.97 Å². The zero-order valence-corrected chi connectivity index (χ0v) is 61.5. The average molecular weight is 1610 g/mol. The molecule has 456 valence electrons. The number of thiazole rings is 2. The summed E-state index contributed by atoms with van der Waals surface area (Å²) in [6.45, 7) is 12.8. The van der Waals surface area contributed by atoms with Crippen LogP contribution in [0.15, 0.2) is 123 Å². The zero-order valence-electron chi connectivity index (χ0n) is 48.1. The van der Waals surface area contributed by atoms with Crippen LogP contribution in [0.5, 0.6) is 0 Å². The Hall–Kier alpha value is -3.23. The van der Waals surface area contributed by atoms with Gasteiger partial charge >= 0.3 is 36.8 Å². The number of thiocarbonyl (C=S) groups is 1. The minimum atomic E-state index is -0.979. The van der Waals surface area contributed by atoms with E-state index in [1.165, 1.54) is 19.1 Å². The second kappa shape index (κ2) is 36.7. The monoisotopic (exact) mass is 1600 g/mol. The molecule has 8 rings (SSSR count). The Morgan fingerprint density at radius 1 is 0.540 bits per heavy atom. The second-order valence-corrected chi connectivity index (χ2v) is 28.6. The summed E-state index contributed by atoms with van der Waals surface area (Å²) in [6, 6.07) is 31.9. The van der Waals surface area contributed by atoms with Crippen molar-refractivity contribution in [3.63, 3.8) is 0 Å². The molecule has 1 atom stereocenters. The van der Waals surface area contributed by atoms with Crippen LogP contribution in [0.1, 0.15) is 105 Å². The van der Waals surface area contributed by atoms with E-state index in [0.29, 0.717) is 83.6 Å². The first-order valence-electron chi connectivity index (χ1n) is 25.7. The molecular weight excluding hydrogens is 1550 g/mol. The third kappa shape index (κ3) is 22.5. The Labute approximate surface area is 595 Å². The number of nitrogens with two attached hydrogens (primary N) is 1. The summed E-state index contributed by atoms with van der Waals surface area (Å²) >= 11 is 57.5. The molecule has 0 saturated heterocycles. The van der Waals surface area contributed by atoms with Gasteiger partial charge in [-0.2, -0.15) is 0 Å². The fourth-order valence-electron chi connectivity index (χ4n) is 7.75. The van der Waals surface area contributed by atoms with Gasteiger partial charge in [-0.15, -0.1) is 22.7 Å². The number of alkyl halides is 1. The number of nitrogens with zero attached hydrogens (tertiary/aromatic N) is 2. The maximum absolute atomic E-state index is 12.0. The Balaban J connectivity index is 0.000000313. The number of aromatic nitrogens is 2. The van der Waals surface area contributed by atoms with Crippen molar-refractivity contribution >= 4 is 197 Å². The summed E-state index contributed by atoms with van der Waals surface area (Å²) in [5.74, 6) is -0.340. The van der Waals surface area contributed by atoms with Crippen LogP contribution in [0, 0.1) is 17.8 Å². The van der Waals surface area contributed by atoms with Gasteiger partial charge in [-0.1, -0.05) is 170 Å². The van der Waals surface area contributed by atoms with Gasteiger partial charge in [0.2, 0.25) is 0 Å². The van der Waals surface area contributed by atoms with Crippen LogP contribution in [0.3, 0.4) is 0 Å². The molecule has 0 bridgehead atoms. The van der Waals surface area contributed by atoms with Gasteiger partial charge in [0, 0.05) is 56.6 Å². The number of ketones is 1. The first-order chi connectivity index (χ1) is 40.0. The zero-order chi connectivity index (χ0) is 63.1. The summed E-state index contributed by atoms with van der Waals surface area (Å²) in [6.07, 6.45) is 2.57. The molecule has 0 radical (unpaired) electrons. The number of carbonyl (C=O) groups excluding carboxylic acids is 3. The molecule has 6 aromatic carbocycles. The number of hydrogen-bond donors (Lipinski definition) is 2. The number of carboxylic acids is 1. The molecule has 0 spiro atoms. The Morgan fingerprint density at radius 3 is 1.29 bits per heavy atom.